The van der Waals surface area contributed by atoms with Gasteiger partial charge in [0.15, 0.2) is 0 Å². The molecular weight excluding hydrogens is 318 g/mol. The first-order valence-electron chi connectivity index (χ1n) is 12.0. The maximum absolute atomic E-state index is 9.64. The summed E-state index contributed by atoms with van der Waals surface area (Å²) in [4.78, 5) is 0. The van der Waals surface area contributed by atoms with E-state index in [2.05, 4.69) is 12.1 Å². The van der Waals surface area contributed by atoms with Gasteiger partial charge < -0.3 is 5.21 Å². The van der Waals surface area contributed by atoms with E-state index >= 15 is 0 Å². The first kappa shape index (κ1) is 20.2. The molecule has 0 aromatic rings. The topological polar surface area (TPSA) is 32.6 Å². The monoisotopic (exact) mass is 361 g/mol. The second-order valence-electron chi connectivity index (χ2n) is 9.95. The molecule has 4 aliphatic carbocycles. The van der Waals surface area contributed by atoms with Crippen molar-refractivity contribution in [1.29, 1.82) is 0 Å². The second-order valence-corrected chi connectivity index (χ2v) is 9.95. The fraction of sp³-hybridized carbons (Fsp3) is 0.958. The van der Waals surface area contributed by atoms with E-state index in [-0.39, 0.29) is 0 Å². The molecule has 4 fully saturated rings. The highest BCUT2D eigenvalue weighted by molar-refractivity contribution is 5.93. The molecule has 1 N–H and O–H groups in total. The predicted octanol–water partition coefficient (Wildman–Crippen LogP) is 7.73. The number of hydrogen-bond acceptors (Lipinski definition) is 2. The van der Waals surface area contributed by atoms with Crippen molar-refractivity contribution in [3.8, 4) is 0 Å². The van der Waals surface area contributed by atoms with Crippen molar-refractivity contribution < 1.29 is 5.21 Å². The highest BCUT2D eigenvalue weighted by atomic mass is 16.4. The van der Waals surface area contributed by atoms with Crippen molar-refractivity contribution in [3.05, 3.63) is 0 Å². The molecule has 4 saturated carbocycles. The minimum atomic E-state index is 0.308. The van der Waals surface area contributed by atoms with Crippen molar-refractivity contribution in [2.24, 2.45) is 28.3 Å². The van der Waals surface area contributed by atoms with Crippen LogP contribution in [0.1, 0.15) is 122 Å². The molecule has 4 atom stereocenters. The summed E-state index contributed by atoms with van der Waals surface area (Å²) in [6.07, 6.45) is 25.1. The zero-order valence-corrected chi connectivity index (χ0v) is 17.4. The summed E-state index contributed by atoms with van der Waals surface area (Å²) < 4.78 is 0. The molecule has 2 unspecified atom stereocenters. The average molecular weight is 362 g/mol. The van der Waals surface area contributed by atoms with Crippen LogP contribution in [0.25, 0.3) is 0 Å². The summed E-state index contributed by atoms with van der Waals surface area (Å²) in [7, 11) is 0. The lowest BCUT2D eigenvalue weighted by molar-refractivity contribution is 0.0358. The molecule has 26 heavy (non-hydrogen) atoms. The Morgan fingerprint density at radius 3 is 1.77 bits per heavy atom. The van der Waals surface area contributed by atoms with Crippen molar-refractivity contribution in [2.75, 3.05) is 0 Å². The molecule has 2 nitrogen and oxygen atoms in total. The Bertz CT molecular complexity index is 429. The highest BCUT2D eigenvalue weighted by Gasteiger charge is 2.55. The zero-order chi connectivity index (χ0) is 18.2. The number of nitrogens with zero attached hydrogens (tertiary/aromatic N) is 1. The van der Waals surface area contributed by atoms with E-state index in [1.807, 2.05) is 0 Å². The lowest BCUT2D eigenvalue weighted by Gasteiger charge is -2.57. The summed E-state index contributed by atoms with van der Waals surface area (Å²) >= 11 is 0. The standard InChI is InChI=1S/C24H43NO/c1-2-3-4-5-6-7-8-9-10-11-12-13-14-24-18-20-15-21(19-24)17-22(16-20)23(24)25-26/h20-22,26H,2-19H2,1H3/b25-23+/t20-,21+,22?,24?. The molecular formula is C24H43NO. The average Bonchev–Trinajstić information content (AvgIpc) is 2.62. The van der Waals surface area contributed by atoms with Crippen molar-refractivity contribution in [3.63, 3.8) is 0 Å². The number of unbranched alkanes of at least 4 members (excludes halogenated alkanes) is 11. The van der Waals surface area contributed by atoms with Crippen LogP contribution >= 0.6 is 0 Å². The van der Waals surface area contributed by atoms with Crippen LogP contribution in [-0.4, -0.2) is 10.9 Å². The Morgan fingerprint density at radius 1 is 0.769 bits per heavy atom. The van der Waals surface area contributed by atoms with Gasteiger partial charge in [-0.1, -0.05) is 89.1 Å². The fourth-order valence-corrected chi connectivity index (χ4v) is 6.78. The molecule has 150 valence electrons. The van der Waals surface area contributed by atoms with Crippen molar-refractivity contribution >= 4 is 5.71 Å². The van der Waals surface area contributed by atoms with Gasteiger partial charge in [0.1, 0.15) is 0 Å². The van der Waals surface area contributed by atoms with Gasteiger partial charge in [-0.2, -0.15) is 0 Å². The van der Waals surface area contributed by atoms with Crippen LogP contribution in [0.2, 0.25) is 0 Å². The molecule has 0 amide bonds. The van der Waals surface area contributed by atoms with Gasteiger partial charge in [-0.05, 0) is 50.4 Å². The molecule has 0 saturated heterocycles. The van der Waals surface area contributed by atoms with Crippen LogP contribution < -0.4 is 0 Å². The fourth-order valence-electron chi connectivity index (χ4n) is 6.78. The molecule has 0 aromatic heterocycles. The van der Waals surface area contributed by atoms with Crippen molar-refractivity contribution in [1.82, 2.24) is 0 Å². The van der Waals surface area contributed by atoms with E-state index in [1.165, 1.54) is 121 Å². The minimum absolute atomic E-state index is 0.308. The van der Waals surface area contributed by atoms with Gasteiger partial charge in [-0.15, -0.1) is 0 Å². The smallest absolute Gasteiger partial charge is 0.0663 e. The first-order valence-corrected chi connectivity index (χ1v) is 12.0. The maximum Gasteiger partial charge on any atom is 0.0663 e. The Morgan fingerprint density at radius 2 is 1.27 bits per heavy atom. The van der Waals surface area contributed by atoms with Crippen molar-refractivity contribution in [2.45, 2.75) is 122 Å². The Labute approximate surface area is 162 Å². The largest absolute Gasteiger partial charge is 0.411 e. The summed E-state index contributed by atoms with van der Waals surface area (Å²) in [5.41, 5.74) is 1.52. The third kappa shape index (κ3) is 5.04. The summed E-state index contributed by atoms with van der Waals surface area (Å²) in [6, 6.07) is 0. The number of hydrogen-bond donors (Lipinski definition) is 1. The first-order chi connectivity index (χ1) is 12.8. The van der Waals surface area contributed by atoms with E-state index in [1.54, 1.807) is 0 Å². The maximum atomic E-state index is 9.64. The summed E-state index contributed by atoms with van der Waals surface area (Å²) in [5, 5.41) is 13.5. The van der Waals surface area contributed by atoms with Crippen LogP contribution in [0.5, 0.6) is 0 Å². The summed E-state index contributed by atoms with van der Waals surface area (Å²) in [5.74, 6) is 2.51. The van der Waals surface area contributed by atoms with Crippen LogP contribution in [0.3, 0.4) is 0 Å². The van der Waals surface area contributed by atoms with Gasteiger partial charge in [0.2, 0.25) is 0 Å². The predicted molar refractivity (Wildman–Crippen MR) is 111 cm³/mol. The Balaban J connectivity index is 1.25. The van der Waals surface area contributed by atoms with E-state index < -0.39 is 0 Å². The van der Waals surface area contributed by atoms with Gasteiger partial charge >= 0.3 is 0 Å². The molecule has 0 spiro atoms. The molecule has 0 aliphatic heterocycles. The van der Waals surface area contributed by atoms with Crippen LogP contribution in [0.4, 0.5) is 0 Å². The molecule has 4 bridgehead atoms. The van der Waals surface area contributed by atoms with E-state index in [0.717, 1.165) is 11.8 Å². The van der Waals surface area contributed by atoms with Crippen LogP contribution in [0, 0.1) is 23.2 Å². The van der Waals surface area contributed by atoms with Gasteiger partial charge in [0.05, 0.1) is 5.71 Å². The highest BCUT2D eigenvalue weighted by Crippen LogP contribution is 2.60. The SMILES string of the molecule is CCCCCCCCCCCCCCC12C[C@@H]3CC(C[C@@H](C3)C1)/C2=N\O. The number of oxime groups is 1. The van der Waals surface area contributed by atoms with Crippen LogP contribution in [-0.2, 0) is 0 Å². The Kier molecular flexibility index (Phi) is 7.88. The summed E-state index contributed by atoms with van der Waals surface area (Å²) in [6.45, 7) is 2.29. The Hall–Kier alpha value is -0.530. The third-order valence-electron chi connectivity index (χ3n) is 7.81. The van der Waals surface area contributed by atoms with E-state index in [0.29, 0.717) is 11.3 Å². The molecule has 0 heterocycles. The second kappa shape index (κ2) is 10.1. The van der Waals surface area contributed by atoms with E-state index in [9.17, 15) is 5.21 Å². The van der Waals surface area contributed by atoms with Gasteiger partial charge in [-0.25, -0.2) is 0 Å². The lowest BCUT2D eigenvalue weighted by Crippen LogP contribution is -2.53. The molecule has 0 radical (unpaired) electrons. The quantitative estimate of drug-likeness (QED) is 0.203. The molecule has 0 aromatic carbocycles. The lowest BCUT2D eigenvalue weighted by atomic mass is 9.47. The molecule has 2 heteroatoms. The normalized spacial score (nSPS) is 34.0. The van der Waals surface area contributed by atoms with Gasteiger partial charge in [0.25, 0.3) is 0 Å². The number of rotatable bonds is 13. The van der Waals surface area contributed by atoms with Gasteiger partial charge in [-0.3, -0.25) is 0 Å². The van der Waals surface area contributed by atoms with Gasteiger partial charge in [0, 0.05) is 11.3 Å². The zero-order valence-electron chi connectivity index (χ0n) is 17.4. The molecule has 4 aliphatic rings. The molecule has 4 rings (SSSR count). The third-order valence-corrected chi connectivity index (χ3v) is 7.81. The minimum Gasteiger partial charge on any atom is -0.411 e. The van der Waals surface area contributed by atoms with E-state index in [4.69, 9.17) is 0 Å². The van der Waals surface area contributed by atoms with Crippen LogP contribution in [0.15, 0.2) is 5.16 Å².